The Bertz CT molecular complexity index is 875. The van der Waals surface area contributed by atoms with Crippen LogP contribution in [0, 0.1) is 24.5 Å². The third-order valence-corrected chi connectivity index (χ3v) is 5.97. The van der Waals surface area contributed by atoms with Gasteiger partial charge in [-0.05, 0) is 19.4 Å². The molecule has 0 radical (unpaired) electrons. The van der Waals surface area contributed by atoms with Crippen molar-refractivity contribution in [3.8, 4) is 0 Å². The number of rotatable bonds is 4. The van der Waals surface area contributed by atoms with E-state index in [-0.39, 0.29) is 17.9 Å². The molecule has 1 saturated heterocycles. The van der Waals surface area contributed by atoms with Gasteiger partial charge in [0.2, 0.25) is 5.91 Å². The van der Waals surface area contributed by atoms with Crippen molar-refractivity contribution in [1.29, 1.82) is 0 Å². The Labute approximate surface area is 163 Å². The summed E-state index contributed by atoms with van der Waals surface area (Å²) < 4.78 is 29.5. The van der Waals surface area contributed by atoms with E-state index in [2.05, 4.69) is 15.1 Å². The van der Waals surface area contributed by atoms with E-state index in [1.165, 1.54) is 12.1 Å². The monoisotopic (exact) mass is 389 g/mol. The van der Waals surface area contributed by atoms with Gasteiger partial charge in [0, 0.05) is 56.8 Å². The number of carbonyl (C=O) groups is 1. The van der Waals surface area contributed by atoms with Gasteiger partial charge < -0.3 is 9.47 Å². The highest BCUT2D eigenvalue weighted by atomic mass is 19.1. The molecule has 6 nitrogen and oxygen atoms in total. The van der Waals surface area contributed by atoms with Crippen molar-refractivity contribution in [2.24, 2.45) is 5.92 Å². The van der Waals surface area contributed by atoms with Gasteiger partial charge in [0.1, 0.15) is 23.3 Å². The Morgan fingerprint density at radius 2 is 1.96 bits per heavy atom. The van der Waals surface area contributed by atoms with Crippen LogP contribution >= 0.6 is 0 Å². The highest BCUT2D eigenvalue weighted by Crippen LogP contribution is 2.29. The average Bonchev–Trinajstić information content (AvgIpc) is 3.26. The molecule has 8 heteroatoms. The SMILES string of the molecule is CCC(c1ccc(F)cc1F)N1CCN(C(=O)C2Cc3nnc(C)n3C2)CC1. The second-order valence-electron chi connectivity index (χ2n) is 7.63. The normalized spacial score (nSPS) is 21.0. The van der Waals surface area contributed by atoms with Crippen molar-refractivity contribution in [1.82, 2.24) is 24.6 Å². The Balaban J connectivity index is 1.38. The summed E-state index contributed by atoms with van der Waals surface area (Å²) in [6.07, 6.45) is 1.37. The number of hydrogen-bond acceptors (Lipinski definition) is 4. The van der Waals surface area contributed by atoms with Gasteiger partial charge in [0.05, 0.1) is 5.92 Å². The number of piperazine rings is 1. The molecule has 0 aliphatic carbocycles. The minimum absolute atomic E-state index is 0.0766. The van der Waals surface area contributed by atoms with Crippen LogP contribution in [0.15, 0.2) is 18.2 Å². The van der Waals surface area contributed by atoms with Gasteiger partial charge in [-0.1, -0.05) is 13.0 Å². The second kappa shape index (κ2) is 7.58. The van der Waals surface area contributed by atoms with Crippen LogP contribution in [0.5, 0.6) is 0 Å². The fourth-order valence-corrected chi connectivity index (χ4v) is 4.44. The molecule has 1 aromatic heterocycles. The maximum absolute atomic E-state index is 14.2. The number of benzene rings is 1. The van der Waals surface area contributed by atoms with Crippen LogP contribution in [0.2, 0.25) is 0 Å². The summed E-state index contributed by atoms with van der Waals surface area (Å²) in [6.45, 7) is 7.15. The molecular weight excluding hydrogens is 364 g/mol. The summed E-state index contributed by atoms with van der Waals surface area (Å²) >= 11 is 0. The number of aromatic nitrogens is 3. The summed E-state index contributed by atoms with van der Waals surface area (Å²) in [5, 5.41) is 8.19. The molecule has 2 aliphatic rings. The molecule has 4 rings (SSSR count). The molecule has 1 aromatic carbocycles. The van der Waals surface area contributed by atoms with E-state index < -0.39 is 11.6 Å². The zero-order valence-electron chi connectivity index (χ0n) is 16.2. The van der Waals surface area contributed by atoms with E-state index in [0.717, 1.165) is 24.1 Å². The lowest BCUT2D eigenvalue weighted by Crippen LogP contribution is -2.51. The van der Waals surface area contributed by atoms with Gasteiger partial charge in [-0.3, -0.25) is 9.69 Å². The molecule has 2 atom stereocenters. The zero-order valence-corrected chi connectivity index (χ0v) is 16.2. The first-order chi connectivity index (χ1) is 13.5. The Morgan fingerprint density at radius 1 is 1.21 bits per heavy atom. The van der Waals surface area contributed by atoms with Crippen LogP contribution in [0.3, 0.4) is 0 Å². The minimum Gasteiger partial charge on any atom is -0.340 e. The molecular formula is C20H25F2N5O. The van der Waals surface area contributed by atoms with Gasteiger partial charge in [-0.15, -0.1) is 10.2 Å². The van der Waals surface area contributed by atoms with Gasteiger partial charge in [-0.2, -0.15) is 0 Å². The number of aryl methyl sites for hydroxylation is 1. The van der Waals surface area contributed by atoms with Crippen LogP contribution in [-0.2, 0) is 17.8 Å². The second-order valence-corrected chi connectivity index (χ2v) is 7.63. The first-order valence-corrected chi connectivity index (χ1v) is 9.84. The molecule has 2 aromatic rings. The standard InChI is InChI=1S/C20H25F2N5O/c1-3-18(16-5-4-15(21)11-17(16)22)25-6-8-26(9-7-25)20(28)14-10-19-24-23-13(2)27(19)12-14/h4-5,11,14,18H,3,6-10,12H2,1-2H3. The summed E-state index contributed by atoms with van der Waals surface area (Å²) in [7, 11) is 0. The van der Waals surface area contributed by atoms with Gasteiger partial charge in [0.15, 0.2) is 0 Å². The first kappa shape index (κ1) is 19.0. The largest absolute Gasteiger partial charge is 0.340 e. The van der Waals surface area contributed by atoms with Crippen LogP contribution in [0.4, 0.5) is 8.78 Å². The highest BCUT2D eigenvalue weighted by Gasteiger charge is 2.35. The Hall–Kier alpha value is -2.35. The van der Waals surface area contributed by atoms with Crippen molar-refractivity contribution in [3.63, 3.8) is 0 Å². The van der Waals surface area contributed by atoms with E-state index in [9.17, 15) is 13.6 Å². The molecule has 1 fully saturated rings. The smallest absolute Gasteiger partial charge is 0.228 e. The number of nitrogens with zero attached hydrogens (tertiary/aromatic N) is 5. The fraction of sp³-hybridized carbons (Fsp3) is 0.550. The number of halogens is 2. The molecule has 28 heavy (non-hydrogen) atoms. The van der Waals surface area contributed by atoms with Crippen molar-refractivity contribution in [3.05, 3.63) is 47.0 Å². The molecule has 0 N–H and O–H groups in total. The maximum Gasteiger partial charge on any atom is 0.228 e. The molecule has 0 bridgehead atoms. The summed E-state index contributed by atoms with van der Waals surface area (Å²) in [5.74, 6) is 0.746. The number of amides is 1. The molecule has 150 valence electrons. The van der Waals surface area contributed by atoms with E-state index in [1.807, 2.05) is 23.3 Å². The van der Waals surface area contributed by atoms with Crippen LogP contribution < -0.4 is 0 Å². The molecule has 2 unspecified atom stereocenters. The maximum atomic E-state index is 14.2. The minimum atomic E-state index is -0.562. The van der Waals surface area contributed by atoms with E-state index in [0.29, 0.717) is 44.7 Å². The van der Waals surface area contributed by atoms with Crippen molar-refractivity contribution in [2.75, 3.05) is 26.2 Å². The molecule has 0 spiro atoms. The van der Waals surface area contributed by atoms with Crippen molar-refractivity contribution < 1.29 is 13.6 Å². The summed E-state index contributed by atoms with van der Waals surface area (Å²) in [4.78, 5) is 17.0. The summed E-state index contributed by atoms with van der Waals surface area (Å²) in [6, 6.07) is 3.68. The Morgan fingerprint density at radius 3 is 2.61 bits per heavy atom. The van der Waals surface area contributed by atoms with Gasteiger partial charge >= 0.3 is 0 Å². The van der Waals surface area contributed by atoms with E-state index >= 15 is 0 Å². The lowest BCUT2D eigenvalue weighted by Gasteiger charge is -2.40. The summed E-state index contributed by atoms with van der Waals surface area (Å²) in [5.41, 5.74) is 0.521. The van der Waals surface area contributed by atoms with Crippen LogP contribution in [-0.4, -0.2) is 56.7 Å². The zero-order chi connectivity index (χ0) is 19.8. The molecule has 0 saturated carbocycles. The number of carbonyl (C=O) groups excluding carboxylic acids is 1. The third kappa shape index (κ3) is 3.41. The number of fused-ring (bicyclic) bond motifs is 1. The van der Waals surface area contributed by atoms with Gasteiger partial charge in [-0.25, -0.2) is 8.78 Å². The topological polar surface area (TPSA) is 54.3 Å². The number of hydrogen-bond donors (Lipinski definition) is 0. The third-order valence-electron chi connectivity index (χ3n) is 5.97. The fourth-order valence-electron chi connectivity index (χ4n) is 4.44. The van der Waals surface area contributed by atoms with Crippen molar-refractivity contribution >= 4 is 5.91 Å². The molecule has 3 heterocycles. The van der Waals surface area contributed by atoms with Crippen molar-refractivity contribution in [2.45, 2.75) is 39.3 Å². The first-order valence-electron chi connectivity index (χ1n) is 9.84. The Kier molecular flexibility index (Phi) is 5.14. The average molecular weight is 389 g/mol. The molecule has 1 amide bonds. The van der Waals surface area contributed by atoms with Gasteiger partial charge in [0.25, 0.3) is 0 Å². The van der Waals surface area contributed by atoms with E-state index in [1.54, 1.807) is 0 Å². The quantitative estimate of drug-likeness (QED) is 0.806. The lowest BCUT2D eigenvalue weighted by molar-refractivity contribution is -0.137. The molecule has 2 aliphatic heterocycles. The lowest BCUT2D eigenvalue weighted by atomic mass is 10.0. The predicted octanol–water partition coefficient (Wildman–Crippen LogP) is 2.33. The van der Waals surface area contributed by atoms with E-state index in [4.69, 9.17) is 0 Å². The van der Waals surface area contributed by atoms with Crippen LogP contribution in [0.1, 0.15) is 36.6 Å². The van der Waals surface area contributed by atoms with Crippen LogP contribution in [0.25, 0.3) is 0 Å². The highest BCUT2D eigenvalue weighted by molar-refractivity contribution is 5.79. The predicted molar refractivity (Wildman–Crippen MR) is 99.5 cm³/mol.